The van der Waals surface area contributed by atoms with Crippen LogP contribution in [0.25, 0.3) is 23.3 Å². The van der Waals surface area contributed by atoms with Gasteiger partial charge in [0.1, 0.15) is 11.6 Å². The van der Waals surface area contributed by atoms with Gasteiger partial charge in [-0.1, -0.05) is 0 Å². The van der Waals surface area contributed by atoms with Gasteiger partial charge in [-0.05, 0) is 76.2 Å². The maximum Gasteiger partial charge on any atom is 2.00 e. The molecule has 0 saturated heterocycles. The molecule has 6 aromatic heterocycles. The zero-order chi connectivity index (χ0) is 46.5. The molecule has 0 fully saturated rings. The Bertz CT molecular complexity index is 2050. The molecule has 0 aliphatic rings. The molecule has 0 bridgehead atoms. The number of nitrogens with zero attached hydrogens (tertiary/aromatic N) is 10. The fourth-order valence-corrected chi connectivity index (χ4v) is 3.34. The van der Waals surface area contributed by atoms with Crippen LogP contribution in [-0.4, -0.2) is 111 Å². The number of carbonyl (C=O) groups excluding carboxylic acids is 2. The van der Waals surface area contributed by atoms with Gasteiger partial charge in [0.25, 0.3) is 0 Å². The topological polar surface area (TPSA) is 206 Å². The molecule has 6 rings (SSSR count). The van der Waals surface area contributed by atoms with Crippen LogP contribution in [0.15, 0.2) is 98.1 Å². The van der Waals surface area contributed by atoms with E-state index in [0.717, 1.165) is 0 Å². The van der Waals surface area contributed by atoms with E-state index in [1.54, 1.807) is 73.8 Å². The zero-order valence-electron chi connectivity index (χ0n) is 31.0. The Balaban J connectivity index is 0.000000796. The van der Waals surface area contributed by atoms with Gasteiger partial charge in [0.2, 0.25) is 0 Å². The molecule has 0 aliphatic carbocycles. The molecule has 2 N–H and O–H groups in total. The molecule has 0 atom stereocenters. The van der Waals surface area contributed by atoms with Crippen molar-refractivity contribution in [2.24, 2.45) is 0 Å². The summed E-state index contributed by atoms with van der Waals surface area (Å²) in [5, 5.41) is 34.4. The molecule has 0 spiro atoms. The van der Waals surface area contributed by atoms with Crippen molar-refractivity contribution in [3.05, 3.63) is 109 Å². The van der Waals surface area contributed by atoms with Crippen molar-refractivity contribution in [2.75, 3.05) is 0 Å². The Kier molecular flexibility index (Phi) is 17.9. The number of pyridine rings is 2. The fraction of sp³-hybridized carbons (Fsp3) is 0.133. The first-order valence-corrected chi connectivity index (χ1v) is 23.9. The number of aromatic nitrogens is 10. The summed E-state index contributed by atoms with van der Waals surface area (Å²) in [7, 11) is 0. The van der Waals surface area contributed by atoms with Crippen molar-refractivity contribution in [3.63, 3.8) is 0 Å². The number of rotatable bonds is 6. The number of ketones is 2. The van der Waals surface area contributed by atoms with Gasteiger partial charge in [0.05, 0.1) is 11.1 Å². The third kappa shape index (κ3) is 30.0. The van der Waals surface area contributed by atoms with Crippen LogP contribution in [0.4, 0.5) is 41.6 Å². The molecule has 0 unspecified atom stereocenters. The van der Waals surface area contributed by atoms with Crippen molar-refractivity contribution >= 4 is 51.8 Å². The Labute approximate surface area is 348 Å². The van der Waals surface area contributed by atoms with Crippen LogP contribution >= 0.6 is 0 Å². The third-order valence-corrected chi connectivity index (χ3v) is 5.05. The smallest absolute Gasteiger partial charge is 0.478 e. The van der Waals surface area contributed by atoms with Gasteiger partial charge < -0.3 is 19.8 Å². The second-order valence-corrected chi connectivity index (χ2v) is 19.3. The number of hydrogen-bond acceptors (Lipinski definition) is 10. The first-order valence-electron chi connectivity index (χ1n) is 15.4. The number of carboxylic acids is 2. The second kappa shape index (κ2) is 19.7. The van der Waals surface area contributed by atoms with E-state index < -0.39 is 40.3 Å². The summed E-state index contributed by atoms with van der Waals surface area (Å²) >= 11 is -22.1. The van der Waals surface area contributed by atoms with Crippen LogP contribution in [0.2, 0.25) is 0 Å². The van der Waals surface area contributed by atoms with Gasteiger partial charge in [-0.15, -0.1) is 0 Å². The maximum absolute atomic E-state index is 11.2. The Hall–Kier alpha value is -5.78. The summed E-state index contributed by atoms with van der Waals surface area (Å²) in [4.78, 5) is 49.9. The van der Waals surface area contributed by atoms with Gasteiger partial charge >= 0.3 is 98.9 Å². The van der Waals surface area contributed by atoms with Gasteiger partial charge in [0.15, 0.2) is 23.3 Å². The molecule has 0 amide bonds. The number of hydrogen-bond donors (Lipinski definition) is 2. The van der Waals surface area contributed by atoms with Crippen LogP contribution in [0.5, 0.6) is 0 Å². The SMILES string of the molecule is CC(C)=O.CC(C)=O.F[As-](F)(F)(F)(F)F.F[As-](F)(F)(F)(F)F.O=C(O)c1cc(-n2cccn2)nc(-n2cccn2)c1.O=C(O)c1cc(-n2cccn2)nc(-n2cccn2)c1.[Fe+2]. The van der Waals surface area contributed by atoms with E-state index in [4.69, 9.17) is 10.2 Å². The summed E-state index contributed by atoms with van der Waals surface area (Å²) in [6.45, 7) is 6.11. The summed E-state index contributed by atoms with van der Waals surface area (Å²) in [5.41, 5.74) is 0.261. The molecule has 16 nitrogen and oxygen atoms in total. The first-order chi connectivity index (χ1) is 26.8. The van der Waals surface area contributed by atoms with E-state index in [1.165, 1.54) is 70.7 Å². The summed E-state index contributed by atoms with van der Waals surface area (Å²) in [6.07, 6.45) is 13.2. The van der Waals surface area contributed by atoms with Gasteiger partial charge in [-0.2, -0.15) is 20.4 Å². The van der Waals surface area contributed by atoms with Gasteiger partial charge in [0, 0.05) is 49.6 Å². The van der Waals surface area contributed by atoms with E-state index in [1.807, 2.05) is 0 Å². The zero-order valence-corrected chi connectivity index (χ0v) is 35.9. The van der Waals surface area contributed by atoms with E-state index in [-0.39, 0.29) is 39.8 Å². The average Bonchev–Trinajstić information content (AvgIpc) is 3.90. The molecule has 0 saturated carbocycles. The van der Waals surface area contributed by atoms with Crippen molar-refractivity contribution in [2.45, 2.75) is 27.7 Å². The third-order valence-electron chi connectivity index (χ3n) is 5.05. The van der Waals surface area contributed by atoms with Crippen molar-refractivity contribution < 1.29 is 88.1 Å². The van der Waals surface area contributed by atoms with E-state index in [2.05, 4.69) is 30.4 Å². The van der Waals surface area contributed by atoms with Crippen LogP contribution < -0.4 is 0 Å². The van der Waals surface area contributed by atoms with Gasteiger partial charge in [-0.3, -0.25) is 0 Å². The maximum atomic E-state index is 11.2. The van der Waals surface area contributed by atoms with Crippen molar-refractivity contribution in [3.8, 4) is 23.3 Å². The first kappa shape index (κ1) is 55.2. The molecule has 61 heavy (non-hydrogen) atoms. The van der Waals surface area contributed by atoms with Crippen LogP contribution in [0.3, 0.4) is 0 Å². The standard InChI is InChI=1S/2C12H9N5O2.2C3H6O.2AsF6.Fe/c2*18-12(19)9-7-10(16-5-1-3-13-16)15-11(8-9)17-6-2-4-14-17;2*1-3(2)4;2*2-1(3,4,5,6)7;/h2*1-8H,(H,18,19);2*1-2H3;;;/q;;;;2*-1;+2. The Morgan fingerprint density at radius 2 is 0.607 bits per heavy atom. The molecular weight excluding hydrogens is 1030 g/mol. The van der Waals surface area contributed by atoms with E-state index >= 15 is 0 Å². The van der Waals surface area contributed by atoms with E-state index in [0.29, 0.717) is 23.3 Å². The normalized spacial score (nSPS) is 12.7. The van der Waals surface area contributed by atoms with Crippen molar-refractivity contribution in [1.82, 2.24) is 49.1 Å². The molecule has 6 heterocycles. The number of carboxylic acid groups (broad SMARTS) is 2. The number of aromatic carboxylic acids is 2. The molecule has 338 valence electrons. The monoisotopic (exact) mass is 1060 g/mol. The number of carbonyl (C=O) groups is 4. The van der Waals surface area contributed by atoms with Gasteiger partial charge in [-0.25, -0.2) is 38.3 Å². The molecule has 6 aromatic rings. The molecule has 0 radical (unpaired) electrons. The molecular formula is C30H30As2F12FeN10O6. The predicted octanol–water partition coefficient (Wildman–Crippen LogP) is 7.77. The molecule has 31 heteroatoms. The minimum atomic E-state index is -11.1. The van der Waals surface area contributed by atoms with Crippen LogP contribution in [0, 0.1) is 0 Å². The number of Topliss-reactive ketones (excluding diaryl/α,β-unsaturated/α-hetero) is 2. The molecule has 0 aromatic carbocycles. The summed E-state index contributed by atoms with van der Waals surface area (Å²) in [5.74, 6) is -0.00924. The minimum Gasteiger partial charge on any atom is -0.478 e. The average molecular weight is 1060 g/mol. The largest absolute Gasteiger partial charge is 2.00 e. The number of halogens is 12. The fourth-order valence-electron chi connectivity index (χ4n) is 3.34. The Morgan fingerprint density at radius 1 is 0.443 bits per heavy atom. The summed E-state index contributed by atoms with van der Waals surface area (Å²) < 4.78 is 125. The van der Waals surface area contributed by atoms with E-state index in [9.17, 15) is 60.8 Å². The summed E-state index contributed by atoms with van der Waals surface area (Å²) in [6, 6.07) is 12.8. The predicted molar refractivity (Wildman–Crippen MR) is 188 cm³/mol. The Morgan fingerprint density at radius 3 is 0.721 bits per heavy atom. The van der Waals surface area contributed by atoms with Crippen LogP contribution in [-0.2, 0) is 26.7 Å². The quantitative estimate of drug-likeness (QED) is 0.121. The minimum absolute atomic E-state index is 0. The van der Waals surface area contributed by atoms with Crippen molar-refractivity contribution in [1.29, 1.82) is 0 Å². The second-order valence-electron chi connectivity index (χ2n) is 11.3. The molecule has 0 aliphatic heterocycles. The van der Waals surface area contributed by atoms with Crippen LogP contribution in [0.1, 0.15) is 48.4 Å².